The third-order valence-corrected chi connectivity index (χ3v) is 5.80. The summed E-state index contributed by atoms with van der Waals surface area (Å²) in [6.07, 6.45) is 1.80. The summed E-state index contributed by atoms with van der Waals surface area (Å²) in [5, 5.41) is 4.92. The number of rotatable bonds is 3. The predicted molar refractivity (Wildman–Crippen MR) is 112 cm³/mol. The third kappa shape index (κ3) is 3.63. The Balaban J connectivity index is 1.82. The summed E-state index contributed by atoms with van der Waals surface area (Å²) in [6, 6.07) is 4.74. The number of nitrogens with zero attached hydrogens (tertiary/aromatic N) is 5. The normalized spacial score (nSPS) is 17.3. The van der Waals surface area contributed by atoms with E-state index in [1.54, 1.807) is 16.8 Å². The first-order valence-corrected chi connectivity index (χ1v) is 10.4. The Morgan fingerprint density at radius 3 is 2.75 bits per heavy atom. The molecule has 32 heavy (non-hydrogen) atoms. The molecule has 4 aromatic rings. The highest BCUT2D eigenvalue weighted by Gasteiger charge is 2.31. The van der Waals surface area contributed by atoms with Crippen molar-refractivity contribution in [3.63, 3.8) is 0 Å². The maximum Gasteiger partial charge on any atom is 0.406 e. The molecular weight excluding hydrogens is 447 g/mol. The van der Waals surface area contributed by atoms with Crippen molar-refractivity contribution < 1.29 is 17.9 Å². The van der Waals surface area contributed by atoms with Gasteiger partial charge in [0.2, 0.25) is 0 Å². The second-order valence-corrected chi connectivity index (χ2v) is 7.97. The van der Waals surface area contributed by atoms with E-state index in [4.69, 9.17) is 16.3 Å². The van der Waals surface area contributed by atoms with Crippen LogP contribution in [0.2, 0.25) is 5.15 Å². The fourth-order valence-corrected chi connectivity index (χ4v) is 4.30. The Labute approximate surface area is 184 Å². The molecular formula is C21H17ClF3N5O2. The molecule has 1 saturated heterocycles. The molecule has 1 unspecified atom stereocenters. The van der Waals surface area contributed by atoms with Gasteiger partial charge in [0.15, 0.2) is 6.23 Å². The summed E-state index contributed by atoms with van der Waals surface area (Å²) >= 11 is 6.16. The summed E-state index contributed by atoms with van der Waals surface area (Å²) in [6.45, 7) is -0.884. The van der Waals surface area contributed by atoms with Crippen molar-refractivity contribution in [1.82, 2.24) is 24.3 Å². The van der Waals surface area contributed by atoms with Gasteiger partial charge in [0.1, 0.15) is 11.7 Å². The van der Waals surface area contributed by atoms with Crippen molar-refractivity contribution in [3.05, 3.63) is 52.3 Å². The maximum absolute atomic E-state index is 13.4. The minimum Gasteiger partial charge on any atom is -0.356 e. The van der Waals surface area contributed by atoms with Gasteiger partial charge in [-0.25, -0.2) is 9.67 Å². The molecule has 1 aliphatic heterocycles. The number of halogens is 4. The molecule has 0 saturated carbocycles. The first-order chi connectivity index (χ1) is 15.3. The van der Waals surface area contributed by atoms with Crippen molar-refractivity contribution in [2.45, 2.75) is 38.2 Å². The van der Waals surface area contributed by atoms with Crippen LogP contribution in [0.1, 0.15) is 25.5 Å². The summed E-state index contributed by atoms with van der Waals surface area (Å²) in [7, 11) is 0. The fourth-order valence-electron chi connectivity index (χ4n) is 4.09. The molecule has 166 valence electrons. The number of alkyl halides is 3. The van der Waals surface area contributed by atoms with E-state index in [2.05, 4.69) is 15.1 Å². The zero-order valence-corrected chi connectivity index (χ0v) is 17.4. The van der Waals surface area contributed by atoms with Gasteiger partial charge >= 0.3 is 6.18 Å². The Kier molecular flexibility index (Phi) is 5.13. The number of hydrogen-bond acceptors (Lipinski definition) is 5. The van der Waals surface area contributed by atoms with Gasteiger partial charge < -0.3 is 4.74 Å². The van der Waals surface area contributed by atoms with Crippen molar-refractivity contribution in [1.29, 1.82) is 0 Å². The highest BCUT2D eigenvalue weighted by atomic mass is 35.5. The van der Waals surface area contributed by atoms with Gasteiger partial charge in [0.25, 0.3) is 5.56 Å². The van der Waals surface area contributed by atoms with E-state index in [1.165, 1.54) is 24.7 Å². The first kappa shape index (κ1) is 20.9. The molecule has 7 nitrogen and oxygen atoms in total. The van der Waals surface area contributed by atoms with E-state index in [1.807, 2.05) is 0 Å². The molecule has 0 spiro atoms. The lowest BCUT2D eigenvalue weighted by molar-refractivity contribution is -0.140. The third-order valence-electron chi connectivity index (χ3n) is 5.50. The van der Waals surface area contributed by atoms with Crippen LogP contribution in [-0.4, -0.2) is 37.1 Å². The second-order valence-electron chi connectivity index (χ2n) is 7.61. The topological polar surface area (TPSA) is 74.8 Å². The Hall–Kier alpha value is -2.98. The number of fused-ring (bicyclic) bond motifs is 3. The molecule has 0 N–H and O–H groups in total. The van der Waals surface area contributed by atoms with Gasteiger partial charge in [-0.3, -0.25) is 14.3 Å². The van der Waals surface area contributed by atoms with Crippen molar-refractivity contribution in [3.8, 4) is 11.3 Å². The standard InChI is InChI=1S/C21H17ClF3N5O2/c22-19-12(4-3-6-26-19)15-8-16-13(9-27-15)18-14(20(31)29(16)11-21(23,24)25)10-28-30(18)17-5-1-2-7-32-17/h3-4,6,8-10,17H,1-2,5,7,11H2. The van der Waals surface area contributed by atoms with Crippen molar-refractivity contribution in [2.24, 2.45) is 0 Å². The first-order valence-electron chi connectivity index (χ1n) is 10.0. The summed E-state index contributed by atoms with van der Waals surface area (Å²) < 4.78 is 48.2. The molecule has 0 amide bonds. The van der Waals surface area contributed by atoms with Gasteiger partial charge in [-0.15, -0.1) is 0 Å². The van der Waals surface area contributed by atoms with Crippen LogP contribution < -0.4 is 5.56 Å². The predicted octanol–water partition coefficient (Wildman–Crippen LogP) is 4.72. The van der Waals surface area contributed by atoms with Crippen LogP contribution in [0.5, 0.6) is 0 Å². The molecule has 11 heteroatoms. The second kappa shape index (κ2) is 7.86. The SMILES string of the molecule is O=c1c2cnn(C3CCCCO3)c2c2cnc(-c3cccnc3Cl)cc2n1CC(F)(F)F. The summed E-state index contributed by atoms with van der Waals surface area (Å²) in [5.41, 5.74) is 0.479. The summed E-state index contributed by atoms with van der Waals surface area (Å²) in [4.78, 5) is 21.6. The number of pyridine rings is 3. The molecule has 1 aliphatic rings. The lowest BCUT2D eigenvalue weighted by atomic mass is 10.1. The largest absolute Gasteiger partial charge is 0.406 e. The van der Waals surface area contributed by atoms with E-state index in [9.17, 15) is 18.0 Å². The molecule has 5 rings (SSSR count). The zero-order chi connectivity index (χ0) is 22.5. The lowest BCUT2D eigenvalue weighted by Gasteiger charge is -2.24. The number of ether oxygens (including phenoxy) is 1. The number of hydrogen-bond donors (Lipinski definition) is 0. The quantitative estimate of drug-likeness (QED) is 0.411. The molecule has 0 bridgehead atoms. The molecule has 0 radical (unpaired) electrons. The highest BCUT2D eigenvalue weighted by Crippen LogP contribution is 2.33. The van der Waals surface area contributed by atoms with Gasteiger partial charge in [0.05, 0.1) is 28.3 Å². The van der Waals surface area contributed by atoms with Crippen LogP contribution in [0.25, 0.3) is 33.1 Å². The average Bonchev–Trinajstić information content (AvgIpc) is 3.22. The highest BCUT2D eigenvalue weighted by molar-refractivity contribution is 6.32. The average molecular weight is 464 g/mol. The maximum atomic E-state index is 13.4. The number of aromatic nitrogens is 5. The fraction of sp³-hybridized carbons (Fsp3) is 0.333. The minimum atomic E-state index is -4.59. The Morgan fingerprint density at radius 2 is 2.03 bits per heavy atom. The molecule has 0 aliphatic carbocycles. The molecule has 0 aromatic carbocycles. The Morgan fingerprint density at radius 1 is 1.19 bits per heavy atom. The molecule has 1 fully saturated rings. The van der Waals surface area contributed by atoms with Crippen LogP contribution in [-0.2, 0) is 11.3 Å². The van der Waals surface area contributed by atoms with Crippen LogP contribution in [0, 0.1) is 0 Å². The van der Waals surface area contributed by atoms with Crippen LogP contribution in [0.15, 0.2) is 41.6 Å². The van der Waals surface area contributed by atoms with E-state index < -0.39 is 24.5 Å². The van der Waals surface area contributed by atoms with Crippen LogP contribution in [0.4, 0.5) is 13.2 Å². The molecule has 1 atom stereocenters. The van der Waals surface area contributed by atoms with Crippen molar-refractivity contribution >= 4 is 33.4 Å². The van der Waals surface area contributed by atoms with Gasteiger partial charge in [-0.2, -0.15) is 18.3 Å². The van der Waals surface area contributed by atoms with E-state index in [-0.39, 0.29) is 16.1 Å². The van der Waals surface area contributed by atoms with Crippen LogP contribution in [0.3, 0.4) is 0 Å². The van der Waals surface area contributed by atoms with Gasteiger partial charge in [-0.1, -0.05) is 11.6 Å². The van der Waals surface area contributed by atoms with Gasteiger partial charge in [0, 0.05) is 30.0 Å². The van der Waals surface area contributed by atoms with Gasteiger partial charge in [-0.05, 0) is 37.5 Å². The monoisotopic (exact) mass is 463 g/mol. The molecule has 4 aromatic heterocycles. The van der Waals surface area contributed by atoms with E-state index in [0.717, 1.165) is 12.8 Å². The molecule has 5 heterocycles. The van der Waals surface area contributed by atoms with Crippen molar-refractivity contribution in [2.75, 3.05) is 6.61 Å². The summed E-state index contributed by atoms with van der Waals surface area (Å²) in [5.74, 6) is 0. The van der Waals surface area contributed by atoms with Crippen LogP contribution >= 0.6 is 11.6 Å². The van der Waals surface area contributed by atoms with E-state index in [0.29, 0.717) is 39.8 Å². The smallest absolute Gasteiger partial charge is 0.356 e. The Bertz CT molecular complexity index is 1380. The minimum absolute atomic E-state index is 0.0855. The lowest BCUT2D eigenvalue weighted by Crippen LogP contribution is -2.29. The zero-order valence-electron chi connectivity index (χ0n) is 16.6. The van der Waals surface area contributed by atoms with E-state index >= 15 is 0 Å².